The molecule has 0 aliphatic carbocycles. The lowest BCUT2D eigenvalue weighted by atomic mass is 9.89. The second-order valence-corrected chi connectivity index (χ2v) is 5.52. The molecule has 0 aromatic carbocycles. The van der Waals surface area contributed by atoms with Crippen LogP contribution in [-0.2, 0) is 9.59 Å². The zero-order valence-corrected chi connectivity index (χ0v) is 13.4. The first-order chi connectivity index (χ1) is 8.36. The Morgan fingerprint density at radius 1 is 0.947 bits per heavy atom. The number of hydrogen-bond donors (Lipinski definition) is 3. The standard InChI is InChI=1S/C13H27N3O2.ClH/c1-9(2)6-11(7-10(3)4)13(18)16-15-12(17)8-14-5;/h9-11,14H,6-8H2,1-5H3,(H,15,17)(H,16,18);1H. The molecule has 0 aromatic rings. The van der Waals surface area contributed by atoms with Crippen molar-refractivity contribution >= 4 is 24.2 Å². The minimum atomic E-state index is -0.237. The molecule has 0 aliphatic heterocycles. The summed E-state index contributed by atoms with van der Waals surface area (Å²) in [6, 6.07) is 0. The number of nitrogens with one attached hydrogen (secondary N) is 3. The third-order valence-electron chi connectivity index (χ3n) is 2.55. The molecule has 3 N–H and O–H groups in total. The van der Waals surface area contributed by atoms with Gasteiger partial charge in [0.15, 0.2) is 0 Å². The van der Waals surface area contributed by atoms with Gasteiger partial charge in [0.25, 0.3) is 5.91 Å². The van der Waals surface area contributed by atoms with E-state index in [0.29, 0.717) is 11.8 Å². The van der Waals surface area contributed by atoms with Gasteiger partial charge in [0.2, 0.25) is 5.91 Å². The SMILES string of the molecule is CNCC(=O)NNC(=O)C(CC(C)C)CC(C)C.Cl. The zero-order valence-electron chi connectivity index (χ0n) is 12.6. The fraction of sp³-hybridized carbons (Fsp3) is 0.846. The van der Waals surface area contributed by atoms with Gasteiger partial charge in [0.05, 0.1) is 6.54 Å². The van der Waals surface area contributed by atoms with Crippen molar-refractivity contribution in [3.8, 4) is 0 Å². The highest BCUT2D eigenvalue weighted by atomic mass is 35.5. The van der Waals surface area contributed by atoms with Crippen LogP contribution < -0.4 is 16.2 Å². The van der Waals surface area contributed by atoms with E-state index in [-0.39, 0.29) is 36.7 Å². The maximum atomic E-state index is 12.0. The average Bonchev–Trinajstić information content (AvgIpc) is 2.24. The van der Waals surface area contributed by atoms with Gasteiger partial charge >= 0.3 is 0 Å². The van der Waals surface area contributed by atoms with Crippen molar-refractivity contribution in [1.29, 1.82) is 0 Å². The third-order valence-corrected chi connectivity index (χ3v) is 2.55. The fourth-order valence-corrected chi connectivity index (χ4v) is 1.89. The third kappa shape index (κ3) is 10.8. The minimum Gasteiger partial charge on any atom is -0.311 e. The van der Waals surface area contributed by atoms with E-state index in [9.17, 15) is 9.59 Å². The van der Waals surface area contributed by atoms with Gasteiger partial charge in [-0.2, -0.15) is 0 Å². The number of carbonyl (C=O) groups excluding carboxylic acids is 2. The lowest BCUT2D eigenvalue weighted by Gasteiger charge is -2.20. The van der Waals surface area contributed by atoms with Crippen LogP contribution in [0.1, 0.15) is 40.5 Å². The number of amides is 2. The Morgan fingerprint density at radius 2 is 1.42 bits per heavy atom. The first-order valence-corrected chi connectivity index (χ1v) is 6.60. The van der Waals surface area contributed by atoms with E-state index in [1.807, 2.05) is 0 Å². The molecule has 19 heavy (non-hydrogen) atoms. The molecule has 6 heteroatoms. The largest absolute Gasteiger partial charge is 0.311 e. The van der Waals surface area contributed by atoms with Crippen LogP contribution in [0.5, 0.6) is 0 Å². The van der Waals surface area contributed by atoms with Gasteiger partial charge in [-0.1, -0.05) is 27.7 Å². The zero-order chi connectivity index (χ0) is 14.1. The van der Waals surface area contributed by atoms with E-state index in [0.717, 1.165) is 12.8 Å². The molecule has 5 nitrogen and oxygen atoms in total. The van der Waals surface area contributed by atoms with Crippen molar-refractivity contribution in [2.24, 2.45) is 17.8 Å². The van der Waals surface area contributed by atoms with Crippen molar-refractivity contribution < 1.29 is 9.59 Å². The Labute approximate surface area is 122 Å². The molecule has 0 fully saturated rings. The van der Waals surface area contributed by atoms with E-state index >= 15 is 0 Å². The van der Waals surface area contributed by atoms with Crippen LogP contribution in [0.15, 0.2) is 0 Å². The molecule has 0 aliphatic rings. The van der Waals surface area contributed by atoms with Gasteiger partial charge in [0.1, 0.15) is 0 Å². The molecule has 0 unspecified atom stereocenters. The van der Waals surface area contributed by atoms with Crippen molar-refractivity contribution in [3.05, 3.63) is 0 Å². The molecule has 2 amide bonds. The topological polar surface area (TPSA) is 70.2 Å². The van der Waals surface area contributed by atoms with Crippen LogP contribution in [0.2, 0.25) is 0 Å². The summed E-state index contributed by atoms with van der Waals surface area (Å²) in [5.74, 6) is 0.556. The predicted octanol–water partition coefficient (Wildman–Crippen LogP) is 1.48. The minimum absolute atomic E-state index is 0. The van der Waals surface area contributed by atoms with E-state index in [2.05, 4.69) is 43.9 Å². The lowest BCUT2D eigenvalue weighted by Crippen LogP contribution is -2.47. The molecule has 0 atom stereocenters. The average molecular weight is 294 g/mol. The molecule has 0 saturated carbocycles. The van der Waals surface area contributed by atoms with E-state index in [1.54, 1.807) is 7.05 Å². The highest BCUT2D eigenvalue weighted by Gasteiger charge is 2.21. The van der Waals surface area contributed by atoms with Crippen molar-refractivity contribution in [3.63, 3.8) is 0 Å². The van der Waals surface area contributed by atoms with Gasteiger partial charge in [0, 0.05) is 5.92 Å². The quantitative estimate of drug-likeness (QED) is 0.623. The molecule has 0 radical (unpaired) electrons. The molecule has 0 heterocycles. The Kier molecular flexibility index (Phi) is 11.9. The van der Waals surface area contributed by atoms with Gasteiger partial charge in [-0.3, -0.25) is 20.4 Å². The Hall–Kier alpha value is -0.810. The van der Waals surface area contributed by atoms with E-state index in [1.165, 1.54) is 0 Å². The van der Waals surface area contributed by atoms with Crippen LogP contribution in [0.3, 0.4) is 0 Å². The predicted molar refractivity (Wildman–Crippen MR) is 79.9 cm³/mol. The fourth-order valence-electron chi connectivity index (χ4n) is 1.89. The summed E-state index contributed by atoms with van der Waals surface area (Å²) in [7, 11) is 1.68. The molecule has 0 bridgehead atoms. The van der Waals surface area contributed by atoms with Crippen LogP contribution >= 0.6 is 12.4 Å². The molecular weight excluding hydrogens is 266 g/mol. The van der Waals surface area contributed by atoms with Crippen LogP contribution in [-0.4, -0.2) is 25.4 Å². The van der Waals surface area contributed by atoms with Gasteiger partial charge in [-0.05, 0) is 31.7 Å². The second-order valence-electron chi connectivity index (χ2n) is 5.52. The first-order valence-electron chi connectivity index (χ1n) is 6.60. The maximum Gasteiger partial charge on any atom is 0.252 e. The van der Waals surface area contributed by atoms with Crippen molar-refractivity contribution in [2.45, 2.75) is 40.5 Å². The van der Waals surface area contributed by atoms with Crippen LogP contribution in [0.4, 0.5) is 0 Å². The number of carbonyl (C=O) groups is 2. The summed E-state index contributed by atoms with van der Waals surface area (Å²) in [5.41, 5.74) is 4.91. The smallest absolute Gasteiger partial charge is 0.252 e. The molecule has 0 saturated heterocycles. The number of rotatable bonds is 7. The second kappa shape index (κ2) is 11.1. The summed E-state index contributed by atoms with van der Waals surface area (Å²) in [4.78, 5) is 23.2. The molecule has 114 valence electrons. The summed E-state index contributed by atoms with van der Waals surface area (Å²) >= 11 is 0. The van der Waals surface area contributed by atoms with Gasteiger partial charge in [-0.25, -0.2) is 0 Å². The molecule has 0 rings (SSSR count). The van der Waals surface area contributed by atoms with Crippen LogP contribution in [0, 0.1) is 17.8 Å². The number of hydrogen-bond acceptors (Lipinski definition) is 3. The molecule has 0 spiro atoms. The number of halogens is 1. The van der Waals surface area contributed by atoms with Gasteiger partial charge < -0.3 is 5.32 Å². The first kappa shape index (κ1) is 20.5. The summed E-state index contributed by atoms with van der Waals surface area (Å²) < 4.78 is 0. The summed E-state index contributed by atoms with van der Waals surface area (Å²) in [6.07, 6.45) is 1.68. The number of likely N-dealkylation sites (N-methyl/N-ethyl adjacent to an activating group) is 1. The Balaban J connectivity index is 0. The van der Waals surface area contributed by atoms with Gasteiger partial charge in [-0.15, -0.1) is 12.4 Å². The van der Waals surface area contributed by atoms with E-state index < -0.39 is 0 Å². The normalized spacial score (nSPS) is 10.5. The maximum absolute atomic E-state index is 12.0. The monoisotopic (exact) mass is 293 g/mol. The summed E-state index contributed by atoms with van der Waals surface area (Å²) in [6.45, 7) is 8.58. The van der Waals surface area contributed by atoms with E-state index in [4.69, 9.17) is 0 Å². The molecular formula is C13H28ClN3O2. The molecule has 0 aromatic heterocycles. The van der Waals surface area contributed by atoms with Crippen molar-refractivity contribution in [1.82, 2.24) is 16.2 Å². The highest BCUT2D eigenvalue weighted by Crippen LogP contribution is 2.19. The van der Waals surface area contributed by atoms with Crippen LogP contribution in [0.25, 0.3) is 0 Å². The highest BCUT2D eigenvalue weighted by molar-refractivity contribution is 5.85. The lowest BCUT2D eigenvalue weighted by molar-refractivity contribution is -0.131. The Morgan fingerprint density at radius 3 is 1.79 bits per heavy atom. The number of hydrazine groups is 1. The van der Waals surface area contributed by atoms with Crippen molar-refractivity contribution in [2.75, 3.05) is 13.6 Å². The summed E-state index contributed by atoms with van der Waals surface area (Å²) in [5, 5.41) is 2.72. The Bertz CT molecular complexity index is 261.